The molecule has 0 fully saturated rings. The van der Waals surface area contributed by atoms with Gasteiger partial charge in [-0.3, -0.25) is 4.98 Å². The average molecular weight is 208 g/mol. The second kappa shape index (κ2) is 5.24. The van der Waals surface area contributed by atoms with Crippen molar-refractivity contribution in [3.63, 3.8) is 0 Å². The molecule has 1 aromatic rings. The highest BCUT2D eigenvalue weighted by atomic mass is 16.5. The van der Waals surface area contributed by atoms with E-state index in [0.29, 0.717) is 0 Å². The van der Waals surface area contributed by atoms with E-state index in [0.717, 1.165) is 18.5 Å². The molecule has 0 radical (unpaired) electrons. The number of ether oxygens (including phenoxy) is 1. The predicted octanol–water partition coefficient (Wildman–Crippen LogP) is 1.77. The first-order valence-electron chi connectivity index (χ1n) is 5.33. The summed E-state index contributed by atoms with van der Waals surface area (Å²) in [7, 11) is 1.71. The van der Waals surface area contributed by atoms with E-state index in [1.165, 1.54) is 0 Å². The Morgan fingerprint density at radius 1 is 1.53 bits per heavy atom. The van der Waals surface area contributed by atoms with E-state index in [1.54, 1.807) is 13.3 Å². The Kier molecular flexibility index (Phi) is 4.24. The minimum absolute atomic E-state index is 0.0256. The molecule has 0 bridgehead atoms. The molecule has 15 heavy (non-hydrogen) atoms. The second-order valence-corrected chi connectivity index (χ2v) is 4.00. The Morgan fingerprint density at radius 3 is 2.73 bits per heavy atom. The van der Waals surface area contributed by atoms with Crippen LogP contribution in [0, 0.1) is 0 Å². The summed E-state index contributed by atoms with van der Waals surface area (Å²) in [5.74, 6) is 0. The number of hydrogen-bond donors (Lipinski definition) is 1. The minimum Gasteiger partial charge on any atom is -0.377 e. The van der Waals surface area contributed by atoms with Gasteiger partial charge in [-0.1, -0.05) is 13.0 Å². The summed E-state index contributed by atoms with van der Waals surface area (Å²) in [5, 5.41) is 0. The third kappa shape index (κ3) is 3.01. The lowest BCUT2D eigenvalue weighted by Crippen LogP contribution is -2.48. The monoisotopic (exact) mass is 208 g/mol. The van der Waals surface area contributed by atoms with E-state index < -0.39 is 0 Å². The number of pyridine rings is 1. The summed E-state index contributed by atoms with van der Waals surface area (Å²) in [6, 6.07) is 5.85. The minimum atomic E-state index is -0.266. The standard InChI is InChI=1S/C12H20N2O/c1-4-12(2,15-3)11(13)9-10-7-5-6-8-14-10/h5-8,11H,4,9,13H2,1-3H3. The molecule has 2 atom stereocenters. The summed E-state index contributed by atoms with van der Waals surface area (Å²) >= 11 is 0. The number of methoxy groups -OCH3 is 1. The van der Waals surface area contributed by atoms with Crippen molar-refractivity contribution in [3.8, 4) is 0 Å². The number of nitrogens with zero attached hydrogens (tertiary/aromatic N) is 1. The van der Waals surface area contributed by atoms with Crippen molar-refractivity contribution in [2.45, 2.75) is 38.3 Å². The van der Waals surface area contributed by atoms with Crippen molar-refractivity contribution in [2.24, 2.45) is 5.73 Å². The molecule has 0 saturated carbocycles. The molecule has 0 aliphatic carbocycles. The molecule has 0 aliphatic heterocycles. The van der Waals surface area contributed by atoms with Crippen molar-refractivity contribution in [1.82, 2.24) is 4.98 Å². The van der Waals surface area contributed by atoms with Crippen LogP contribution >= 0.6 is 0 Å². The Morgan fingerprint density at radius 2 is 2.27 bits per heavy atom. The third-order valence-electron chi connectivity index (χ3n) is 3.11. The molecule has 2 unspecified atom stereocenters. The van der Waals surface area contributed by atoms with E-state index in [4.69, 9.17) is 10.5 Å². The zero-order chi connectivity index (χ0) is 11.3. The van der Waals surface area contributed by atoms with Gasteiger partial charge in [0.2, 0.25) is 0 Å². The van der Waals surface area contributed by atoms with Crippen LogP contribution in [0.1, 0.15) is 26.0 Å². The average Bonchev–Trinajstić information content (AvgIpc) is 2.29. The molecule has 0 saturated heterocycles. The summed E-state index contributed by atoms with van der Waals surface area (Å²) in [4.78, 5) is 4.27. The molecule has 3 heteroatoms. The molecule has 2 N–H and O–H groups in total. The highest BCUT2D eigenvalue weighted by Gasteiger charge is 2.29. The van der Waals surface area contributed by atoms with Gasteiger partial charge in [0.15, 0.2) is 0 Å². The quantitative estimate of drug-likeness (QED) is 0.802. The maximum Gasteiger partial charge on any atom is 0.0802 e. The smallest absolute Gasteiger partial charge is 0.0802 e. The van der Waals surface area contributed by atoms with Crippen molar-refractivity contribution in [3.05, 3.63) is 30.1 Å². The van der Waals surface area contributed by atoms with Crippen molar-refractivity contribution in [1.29, 1.82) is 0 Å². The van der Waals surface area contributed by atoms with Gasteiger partial charge < -0.3 is 10.5 Å². The highest BCUT2D eigenvalue weighted by Crippen LogP contribution is 2.19. The molecule has 0 spiro atoms. The van der Waals surface area contributed by atoms with E-state index in [9.17, 15) is 0 Å². The summed E-state index contributed by atoms with van der Waals surface area (Å²) in [5.41, 5.74) is 6.89. The molecule has 0 aromatic carbocycles. The van der Waals surface area contributed by atoms with Gasteiger partial charge in [0, 0.05) is 31.5 Å². The van der Waals surface area contributed by atoms with E-state index >= 15 is 0 Å². The molecular formula is C12H20N2O. The lowest BCUT2D eigenvalue weighted by molar-refractivity contribution is -0.0186. The Labute approximate surface area is 91.7 Å². The largest absolute Gasteiger partial charge is 0.377 e. The predicted molar refractivity (Wildman–Crippen MR) is 61.6 cm³/mol. The number of aromatic nitrogens is 1. The summed E-state index contributed by atoms with van der Waals surface area (Å²) in [6.07, 6.45) is 3.44. The van der Waals surface area contributed by atoms with Gasteiger partial charge in [0.25, 0.3) is 0 Å². The summed E-state index contributed by atoms with van der Waals surface area (Å²) in [6.45, 7) is 4.13. The maximum atomic E-state index is 6.14. The molecule has 1 aromatic heterocycles. The fourth-order valence-corrected chi connectivity index (χ4v) is 1.52. The van der Waals surface area contributed by atoms with Gasteiger partial charge >= 0.3 is 0 Å². The molecular weight excluding hydrogens is 188 g/mol. The zero-order valence-electron chi connectivity index (χ0n) is 9.73. The molecule has 84 valence electrons. The fourth-order valence-electron chi connectivity index (χ4n) is 1.52. The van der Waals surface area contributed by atoms with Gasteiger partial charge in [0.1, 0.15) is 0 Å². The van der Waals surface area contributed by atoms with Gasteiger partial charge in [0.05, 0.1) is 5.60 Å². The van der Waals surface area contributed by atoms with Gasteiger partial charge in [-0.05, 0) is 25.5 Å². The topological polar surface area (TPSA) is 48.1 Å². The first kappa shape index (κ1) is 12.1. The van der Waals surface area contributed by atoms with Crippen LogP contribution in [-0.2, 0) is 11.2 Å². The van der Waals surface area contributed by atoms with E-state index in [-0.39, 0.29) is 11.6 Å². The Balaban J connectivity index is 2.66. The lowest BCUT2D eigenvalue weighted by atomic mass is 9.90. The molecule has 3 nitrogen and oxygen atoms in total. The van der Waals surface area contributed by atoms with Crippen LogP contribution in [0.25, 0.3) is 0 Å². The van der Waals surface area contributed by atoms with Crippen LogP contribution in [-0.4, -0.2) is 23.7 Å². The number of nitrogens with two attached hydrogens (primary N) is 1. The molecule has 1 heterocycles. The van der Waals surface area contributed by atoms with Crippen LogP contribution in [0.15, 0.2) is 24.4 Å². The second-order valence-electron chi connectivity index (χ2n) is 4.00. The molecule has 0 amide bonds. The Hall–Kier alpha value is -0.930. The van der Waals surface area contributed by atoms with Gasteiger partial charge in [-0.25, -0.2) is 0 Å². The van der Waals surface area contributed by atoms with Crippen molar-refractivity contribution >= 4 is 0 Å². The van der Waals surface area contributed by atoms with Crippen LogP contribution in [0.3, 0.4) is 0 Å². The van der Waals surface area contributed by atoms with E-state index in [2.05, 4.69) is 11.9 Å². The van der Waals surface area contributed by atoms with Crippen LogP contribution in [0.5, 0.6) is 0 Å². The SMILES string of the molecule is CCC(C)(OC)C(N)Cc1ccccn1. The van der Waals surface area contributed by atoms with Crippen LogP contribution < -0.4 is 5.73 Å². The number of hydrogen-bond acceptors (Lipinski definition) is 3. The lowest BCUT2D eigenvalue weighted by Gasteiger charge is -2.33. The zero-order valence-corrected chi connectivity index (χ0v) is 9.73. The van der Waals surface area contributed by atoms with Crippen LogP contribution in [0.2, 0.25) is 0 Å². The first-order chi connectivity index (χ1) is 7.12. The highest BCUT2D eigenvalue weighted by molar-refractivity contribution is 5.07. The Bertz CT molecular complexity index is 283. The third-order valence-corrected chi connectivity index (χ3v) is 3.11. The van der Waals surface area contributed by atoms with Gasteiger partial charge in [-0.15, -0.1) is 0 Å². The normalized spacial score (nSPS) is 17.1. The maximum absolute atomic E-state index is 6.14. The first-order valence-corrected chi connectivity index (χ1v) is 5.33. The van der Waals surface area contributed by atoms with Crippen molar-refractivity contribution < 1.29 is 4.74 Å². The molecule has 0 aliphatic rings. The fraction of sp³-hybridized carbons (Fsp3) is 0.583. The molecule has 1 rings (SSSR count). The van der Waals surface area contributed by atoms with Crippen LogP contribution in [0.4, 0.5) is 0 Å². The summed E-state index contributed by atoms with van der Waals surface area (Å²) < 4.78 is 5.47. The number of rotatable bonds is 5. The van der Waals surface area contributed by atoms with Crippen molar-refractivity contribution in [2.75, 3.05) is 7.11 Å². The van der Waals surface area contributed by atoms with Gasteiger partial charge in [-0.2, -0.15) is 0 Å². The van der Waals surface area contributed by atoms with E-state index in [1.807, 2.05) is 25.1 Å².